The van der Waals surface area contributed by atoms with Crippen LogP contribution in [0.1, 0.15) is 56.1 Å². The van der Waals surface area contributed by atoms with Crippen LogP contribution in [-0.2, 0) is 5.92 Å². The number of halogens is 2. The van der Waals surface area contributed by atoms with Gasteiger partial charge in [-0.15, -0.1) is 0 Å². The fourth-order valence-electron chi connectivity index (χ4n) is 2.73. The second-order valence-electron chi connectivity index (χ2n) is 7.74. The molecule has 0 atom stereocenters. The van der Waals surface area contributed by atoms with Gasteiger partial charge < -0.3 is 10.1 Å². The molecule has 176 valence electrons. The summed E-state index contributed by atoms with van der Waals surface area (Å²) in [5, 5.41) is 2.74. The van der Waals surface area contributed by atoms with E-state index in [0.717, 1.165) is 29.7 Å². The summed E-state index contributed by atoms with van der Waals surface area (Å²) in [7, 11) is 1.31. The van der Waals surface area contributed by atoms with Crippen molar-refractivity contribution in [2.75, 3.05) is 12.4 Å². The number of carbonyl (C=O) groups excluding carboxylic acids is 1. The van der Waals surface area contributed by atoms with Gasteiger partial charge in [-0.25, -0.2) is 8.78 Å². The molecule has 0 aliphatic rings. The molecule has 2 aromatic rings. The molecule has 0 saturated heterocycles. The van der Waals surface area contributed by atoms with Crippen LogP contribution < -0.4 is 10.1 Å². The number of ether oxygens (including phenoxy) is 1. The Kier molecular flexibility index (Phi) is 10.5. The van der Waals surface area contributed by atoms with Crippen LogP contribution in [-0.4, -0.2) is 13.0 Å². The summed E-state index contributed by atoms with van der Waals surface area (Å²) < 4.78 is 32.4. The number of para-hydroxylation sites is 1. The van der Waals surface area contributed by atoms with E-state index in [4.69, 9.17) is 4.74 Å². The monoisotopic (exact) mass is 453 g/mol. The molecule has 2 rings (SSSR count). The molecule has 0 saturated carbocycles. The van der Waals surface area contributed by atoms with Crippen LogP contribution in [0.4, 0.5) is 14.5 Å². The number of hydrogen-bond acceptors (Lipinski definition) is 2. The Labute approximate surface area is 196 Å². The number of carbonyl (C=O) groups is 1. The van der Waals surface area contributed by atoms with E-state index in [1.165, 1.54) is 24.8 Å². The molecule has 3 nitrogen and oxygen atoms in total. The first kappa shape index (κ1) is 27.6. The molecular weight excluding hydrogens is 420 g/mol. The van der Waals surface area contributed by atoms with E-state index in [-0.39, 0.29) is 16.9 Å². The van der Waals surface area contributed by atoms with E-state index in [9.17, 15) is 13.6 Å². The molecule has 0 aliphatic heterocycles. The SMILES string of the molecule is C=C(C)/C(C)=C\C=C/C.C=C(C)c1ccccc1NC(=O)c1ccc(OC)c(C(C)(F)F)c1. The molecule has 0 aliphatic carbocycles. The first-order valence-corrected chi connectivity index (χ1v) is 10.5. The zero-order chi connectivity index (χ0) is 25.2. The Morgan fingerprint density at radius 3 is 2.24 bits per heavy atom. The van der Waals surface area contributed by atoms with Gasteiger partial charge in [-0.2, -0.15) is 0 Å². The lowest BCUT2D eigenvalue weighted by atomic mass is 10.0. The molecule has 0 fully saturated rings. The van der Waals surface area contributed by atoms with Gasteiger partial charge in [-0.05, 0) is 63.1 Å². The van der Waals surface area contributed by atoms with Crippen molar-refractivity contribution in [3.05, 3.63) is 102 Å². The summed E-state index contributed by atoms with van der Waals surface area (Å²) in [5.41, 5.74) is 4.34. The Morgan fingerprint density at radius 1 is 1.09 bits per heavy atom. The molecule has 0 bridgehead atoms. The minimum atomic E-state index is -3.11. The topological polar surface area (TPSA) is 38.3 Å². The standard InChI is InChI=1S/C19H19F2NO2.C9H14/c1-12(2)14-7-5-6-8-16(14)22-18(23)13-9-10-17(24-4)15(11-13)19(3,20)21;1-5-6-7-9(4)8(2)3/h5-11H,1H2,2-4H3,(H,22,23);5-7H,2H2,1,3-4H3/b;6-5-,9-7-. The molecule has 0 heterocycles. The lowest BCUT2D eigenvalue weighted by Crippen LogP contribution is -2.16. The molecule has 0 unspecified atom stereocenters. The van der Waals surface area contributed by atoms with Crippen molar-refractivity contribution < 1.29 is 18.3 Å². The molecule has 0 spiro atoms. The highest BCUT2D eigenvalue weighted by molar-refractivity contribution is 6.05. The molecule has 2 aromatic carbocycles. The summed E-state index contributed by atoms with van der Waals surface area (Å²) in [6, 6.07) is 11.2. The second-order valence-corrected chi connectivity index (χ2v) is 7.74. The van der Waals surface area contributed by atoms with Crippen molar-refractivity contribution in [2.24, 2.45) is 0 Å². The van der Waals surface area contributed by atoms with Gasteiger partial charge in [0, 0.05) is 23.7 Å². The summed E-state index contributed by atoms with van der Waals surface area (Å²) in [6.45, 7) is 16.3. The number of hydrogen-bond donors (Lipinski definition) is 1. The second kappa shape index (κ2) is 12.5. The van der Waals surface area contributed by atoms with Crippen LogP contribution in [0.25, 0.3) is 5.57 Å². The number of amides is 1. The van der Waals surface area contributed by atoms with Crippen molar-refractivity contribution in [1.82, 2.24) is 0 Å². The lowest BCUT2D eigenvalue weighted by molar-refractivity contribution is 0.0150. The number of nitrogens with one attached hydrogen (secondary N) is 1. The van der Waals surface area contributed by atoms with E-state index in [2.05, 4.69) is 31.5 Å². The predicted molar refractivity (Wildman–Crippen MR) is 135 cm³/mol. The molecule has 5 heteroatoms. The summed E-state index contributed by atoms with van der Waals surface area (Å²) in [4.78, 5) is 12.4. The highest BCUT2D eigenvalue weighted by Gasteiger charge is 2.29. The van der Waals surface area contributed by atoms with E-state index < -0.39 is 11.8 Å². The minimum absolute atomic E-state index is 0.0430. The number of benzene rings is 2. The van der Waals surface area contributed by atoms with Gasteiger partial charge in [-0.3, -0.25) is 4.79 Å². The van der Waals surface area contributed by atoms with Crippen molar-refractivity contribution in [1.29, 1.82) is 0 Å². The van der Waals surface area contributed by atoms with E-state index in [1.807, 2.05) is 45.1 Å². The Hall–Kier alpha value is -3.47. The van der Waals surface area contributed by atoms with E-state index >= 15 is 0 Å². The van der Waals surface area contributed by atoms with Crippen molar-refractivity contribution in [3.63, 3.8) is 0 Å². The highest BCUT2D eigenvalue weighted by atomic mass is 19.3. The zero-order valence-corrected chi connectivity index (χ0v) is 20.3. The molecular formula is C28H33F2NO2. The molecule has 1 N–H and O–H groups in total. The van der Waals surface area contributed by atoms with Crippen LogP contribution in [0.3, 0.4) is 0 Å². The van der Waals surface area contributed by atoms with Crippen LogP contribution in [0, 0.1) is 0 Å². The highest BCUT2D eigenvalue weighted by Crippen LogP contribution is 2.35. The largest absolute Gasteiger partial charge is 0.496 e. The molecule has 33 heavy (non-hydrogen) atoms. The third-order valence-corrected chi connectivity index (χ3v) is 4.78. The third-order valence-electron chi connectivity index (χ3n) is 4.78. The summed E-state index contributed by atoms with van der Waals surface area (Å²) in [5.74, 6) is -3.55. The van der Waals surface area contributed by atoms with Gasteiger partial charge in [0.15, 0.2) is 0 Å². The molecule has 0 aromatic heterocycles. The third kappa shape index (κ3) is 8.53. The lowest BCUT2D eigenvalue weighted by Gasteiger charge is -2.16. The number of methoxy groups -OCH3 is 1. The smallest absolute Gasteiger partial charge is 0.274 e. The number of anilines is 1. The van der Waals surface area contributed by atoms with Crippen molar-refractivity contribution in [3.8, 4) is 5.75 Å². The van der Waals surface area contributed by atoms with Crippen LogP contribution in [0.15, 0.2) is 85.0 Å². The van der Waals surface area contributed by atoms with Gasteiger partial charge in [0.2, 0.25) is 0 Å². The Bertz CT molecular complexity index is 1060. The minimum Gasteiger partial charge on any atom is -0.496 e. The number of rotatable bonds is 7. The van der Waals surface area contributed by atoms with E-state index in [1.54, 1.807) is 12.1 Å². The number of allylic oxidation sites excluding steroid dienone is 6. The first-order chi connectivity index (χ1) is 15.4. The quantitative estimate of drug-likeness (QED) is 0.429. The normalized spacial score (nSPS) is 11.5. The van der Waals surface area contributed by atoms with Crippen LogP contribution in [0.5, 0.6) is 5.75 Å². The van der Waals surface area contributed by atoms with Gasteiger partial charge in [0.05, 0.1) is 12.7 Å². The first-order valence-electron chi connectivity index (χ1n) is 10.5. The maximum absolute atomic E-state index is 13.7. The molecule has 0 radical (unpaired) electrons. The van der Waals surface area contributed by atoms with Gasteiger partial charge >= 0.3 is 0 Å². The summed E-state index contributed by atoms with van der Waals surface area (Å²) >= 11 is 0. The fourth-order valence-corrected chi connectivity index (χ4v) is 2.73. The van der Waals surface area contributed by atoms with Crippen molar-refractivity contribution in [2.45, 2.75) is 40.5 Å². The van der Waals surface area contributed by atoms with Gasteiger partial charge in [-0.1, -0.05) is 55.2 Å². The Morgan fingerprint density at radius 2 is 1.73 bits per heavy atom. The maximum Gasteiger partial charge on any atom is 0.274 e. The fraction of sp³-hybridized carbons (Fsp3) is 0.250. The average Bonchev–Trinajstić information content (AvgIpc) is 2.76. The number of alkyl halides is 2. The predicted octanol–water partition coefficient (Wildman–Crippen LogP) is 8.18. The maximum atomic E-state index is 13.7. The Balaban J connectivity index is 0.000000513. The van der Waals surface area contributed by atoms with Crippen LogP contribution in [0.2, 0.25) is 0 Å². The summed E-state index contributed by atoms with van der Waals surface area (Å²) in [6.07, 6.45) is 6.08. The van der Waals surface area contributed by atoms with Gasteiger partial charge in [0.25, 0.3) is 11.8 Å². The molecule has 1 amide bonds. The van der Waals surface area contributed by atoms with Crippen molar-refractivity contribution >= 4 is 17.2 Å². The van der Waals surface area contributed by atoms with Crippen LogP contribution >= 0.6 is 0 Å². The zero-order valence-electron chi connectivity index (χ0n) is 20.3. The van der Waals surface area contributed by atoms with E-state index in [0.29, 0.717) is 5.69 Å². The van der Waals surface area contributed by atoms with Gasteiger partial charge in [0.1, 0.15) is 5.75 Å². The average molecular weight is 454 g/mol.